The van der Waals surface area contributed by atoms with E-state index in [9.17, 15) is 14.4 Å². The van der Waals surface area contributed by atoms with Crippen LogP contribution in [-0.2, 0) is 6.54 Å². The first-order valence-corrected chi connectivity index (χ1v) is 7.48. The molecular weight excluding hydrogens is 310 g/mol. The smallest absolute Gasteiger partial charge is 0.331 e. The summed E-state index contributed by atoms with van der Waals surface area (Å²) in [6, 6.07) is 8.20. The number of ketones is 1. The Kier molecular flexibility index (Phi) is 4.04. The maximum atomic E-state index is 12.5. The Morgan fingerprint density at radius 2 is 1.96 bits per heavy atom. The first-order chi connectivity index (χ1) is 11.5. The maximum Gasteiger partial charge on any atom is 0.331 e. The van der Waals surface area contributed by atoms with E-state index in [4.69, 9.17) is 10.00 Å². The molecule has 0 bridgehead atoms. The van der Waals surface area contributed by atoms with Gasteiger partial charge in [-0.05, 0) is 37.1 Å². The number of nitriles is 1. The van der Waals surface area contributed by atoms with Gasteiger partial charge in [0.05, 0.1) is 13.7 Å². The molecule has 1 saturated carbocycles. The highest BCUT2D eigenvalue weighted by Gasteiger charge is 2.27. The van der Waals surface area contributed by atoms with Crippen molar-refractivity contribution in [1.29, 1.82) is 5.26 Å². The lowest BCUT2D eigenvalue weighted by atomic mass is 10.1. The molecule has 1 aliphatic rings. The number of carbonyl (C=O) groups is 1. The quantitative estimate of drug-likeness (QED) is 0.768. The van der Waals surface area contributed by atoms with Crippen molar-refractivity contribution in [1.82, 2.24) is 9.13 Å². The highest BCUT2D eigenvalue weighted by molar-refractivity contribution is 5.96. The van der Waals surface area contributed by atoms with Crippen LogP contribution in [0.1, 0.15) is 34.8 Å². The van der Waals surface area contributed by atoms with Gasteiger partial charge in [-0.1, -0.05) is 0 Å². The lowest BCUT2D eigenvalue weighted by Gasteiger charge is -2.10. The first-order valence-electron chi connectivity index (χ1n) is 7.48. The van der Waals surface area contributed by atoms with Gasteiger partial charge in [0.15, 0.2) is 5.78 Å². The van der Waals surface area contributed by atoms with E-state index in [1.54, 1.807) is 30.3 Å². The van der Waals surface area contributed by atoms with Crippen LogP contribution in [0.3, 0.4) is 0 Å². The van der Waals surface area contributed by atoms with Gasteiger partial charge in [-0.25, -0.2) is 4.79 Å². The first kappa shape index (κ1) is 15.7. The van der Waals surface area contributed by atoms with E-state index < -0.39 is 17.8 Å². The number of ether oxygens (including phenoxy) is 1. The highest BCUT2D eigenvalue weighted by atomic mass is 16.5. The summed E-state index contributed by atoms with van der Waals surface area (Å²) in [7, 11) is 1.52. The minimum atomic E-state index is -0.735. The predicted octanol–water partition coefficient (Wildman–Crippen LogP) is 1.11. The van der Waals surface area contributed by atoms with E-state index in [1.807, 2.05) is 0 Å². The predicted molar refractivity (Wildman–Crippen MR) is 85.3 cm³/mol. The van der Waals surface area contributed by atoms with E-state index >= 15 is 0 Å². The topological polar surface area (TPSA) is 94.1 Å². The average molecular weight is 325 g/mol. The van der Waals surface area contributed by atoms with Gasteiger partial charge in [0.2, 0.25) is 0 Å². The monoisotopic (exact) mass is 325 g/mol. The molecule has 0 spiro atoms. The molecule has 122 valence electrons. The van der Waals surface area contributed by atoms with Crippen molar-refractivity contribution < 1.29 is 9.53 Å². The van der Waals surface area contributed by atoms with Crippen LogP contribution in [0.5, 0.6) is 5.75 Å². The van der Waals surface area contributed by atoms with Gasteiger partial charge >= 0.3 is 5.69 Å². The molecule has 0 radical (unpaired) electrons. The zero-order valence-electron chi connectivity index (χ0n) is 13.1. The average Bonchev–Trinajstić information content (AvgIpc) is 3.43. The van der Waals surface area contributed by atoms with Crippen LogP contribution in [0, 0.1) is 11.3 Å². The third kappa shape index (κ3) is 2.86. The second-order valence-electron chi connectivity index (χ2n) is 5.62. The van der Waals surface area contributed by atoms with Gasteiger partial charge < -0.3 is 4.74 Å². The minimum absolute atomic E-state index is 0.00698. The summed E-state index contributed by atoms with van der Waals surface area (Å²) in [5.41, 5.74) is -1.06. The van der Waals surface area contributed by atoms with Crippen molar-refractivity contribution in [2.75, 3.05) is 7.11 Å². The van der Waals surface area contributed by atoms with Gasteiger partial charge in [0, 0.05) is 17.8 Å². The Hall–Kier alpha value is -3.14. The summed E-state index contributed by atoms with van der Waals surface area (Å²) in [5, 5.41) is 9.09. The normalized spacial score (nSPS) is 13.3. The van der Waals surface area contributed by atoms with Crippen molar-refractivity contribution in [3.63, 3.8) is 0 Å². The largest absolute Gasteiger partial charge is 0.497 e. The third-order valence-corrected chi connectivity index (χ3v) is 3.97. The van der Waals surface area contributed by atoms with Crippen LogP contribution in [0.2, 0.25) is 0 Å². The van der Waals surface area contributed by atoms with Gasteiger partial charge in [-0.3, -0.25) is 18.7 Å². The number of hydrogen-bond donors (Lipinski definition) is 0. The minimum Gasteiger partial charge on any atom is -0.497 e. The molecular formula is C17H15N3O4. The summed E-state index contributed by atoms with van der Waals surface area (Å²) in [6.45, 7) is -0.397. The summed E-state index contributed by atoms with van der Waals surface area (Å²) in [6.07, 6.45) is 2.95. The third-order valence-electron chi connectivity index (χ3n) is 3.97. The SMILES string of the molecule is COc1ccc(C(=O)Cn2c(=O)c(C#N)cn(C3CC3)c2=O)cc1. The van der Waals surface area contributed by atoms with E-state index in [1.165, 1.54) is 17.9 Å². The number of nitrogens with zero attached hydrogens (tertiary/aromatic N) is 3. The molecule has 0 saturated heterocycles. The molecule has 1 fully saturated rings. The molecule has 1 heterocycles. The summed E-state index contributed by atoms with van der Waals surface area (Å²) < 4.78 is 7.24. The molecule has 3 rings (SSSR count). The van der Waals surface area contributed by atoms with Crippen LogP contribution in [-0.4, -0.2) is 22.0 Å². The van der Waals surface area contributed by atoms with E-state index in [0.717, 1.165) is 17.4 Å². The van der Waals surface area contributed by atoms with Crippen molar-refractivity contribution in [3.05, 3.63) is 62.4 Å². The van der Waals surface area contributed by atoms with Crippen LogP contribution < -0.4 is 16.0 Å². The molecule has 7 nitrogen and oxygen atoms in total. The molecule has 1 aromatic heterocycles. The molecule has 0 N–H and O–H groups in total. The summed E-state index contributed by atoms with van der Waals surface area (Å²) in [4.78, 5) is 37.1. The molecule has 1 aromatic carbocycles. The van der Waals surface area contributed by atoms with Gasteiger partial charge in [-0.15, -0.1) is 0 Å². The zero-order chi connectivity index (χ0) is 17.3. The van der Waals surface area contributed by atoms with Crippen LogP contribution in [0.4, 0.5) is 0 Å². The number of aromatic nitrogens is 2. The van der Waals surface area contributed by atoms with E-state index in [0.29, 0.717) is 11.3 Å². The Balaban J connectivity index is 1.98. The molecule has 0 unspecified atom stereocenters. The number of hydrogen-bond acceptors (Lipinski definition) is 5. The van der Waals surface area contributed by atoms with E-state index in [2.05, 4.69) is 0 Å². The number of carbonyl (C=O) groups excluding carboxylic acids is 1. The van der Waals surface area contributed by atoms with Crippen LogP contribution >= 0.6 is 0 Å². The van der Waals surface area contributed by atoms with E-state index in [-0.39, 0.29) is 17.4 Å². The molecule has 0 atom stereocenters. The standard InChI is InChI=1S/C17H15N3O4/c1-24-14-6-2-11(3-7-14)15(21)10-20-16(22)12(8-18)9-19(17(20)23)13-4-5-13/h2-3,6-7,9,13H,4-5,10H2,1H3. The summed E-state index contributed by atoms with van der Waals surface area (Å²) in [5.74, 6) is 0.223. The molecule has 7 heteroatoms. The number of rotatable bonds is 5. The fraction of sp³-hybridized carbons (Fsp3) is 0.294. The number of methoxy groups -OCH3 is 1. The zero-order valence-corrected chi connectivity index (χ0v) is 13.1. The second kappa shape index (κ2) is 6.16. The fourth-order valence-electron chi connectivity index (χ4n) is 2.46. The van der Waals surface area contributed by atoms with Gasteiger partial charge in [-0.2, -0.15) is 5.26 Å². The van der Waals surface area contributed by atoms with Crippen molar-refractivity contribution >= 4 is 5.78 Å². The lowest BCUT2D eigenvalue weighted by molar-refractivity contribution is 0.0968. The van der Waals surface area contributed by atoms with Crippen molar-refractivity contribution in [2.45, 2.75) is 25.4 Å². The van der Waals surface area contributed by atoms with Crippen LogP contribution in [0.15, 0.2) is 40.1 Å². The second-order valence-corrected chi connectivity index (χ2v) is 5.62. The molecule has 24 heavy (non-hydrogen) atoms. The highest BCUT2D eigenvalue weighted by Crippen LogP contribution is 2.33. The number of Topliss-reactive ketones (excluding diaryl/α,β-unsaturated/α-hetero) is 1. The Morgan fingerprint density at radius 3 is 2.50 bits per heavy atom. The van der Waals surface area contributed by atoms with Crippen LogP contribution in [0.25, 0.3) is 0 Å². The number of benzene rings is 1. The molecule has 0 aliphatic heterocycles. The Labute approximate surface area is 137 Å². The fourth-order valence-corrected chi connectivity index (χ4v) is 2.46. The Morgan fingerprint density at radius 1 is 1.29 bits per heavy atom. The molecule has 2 aromatic rings. The van der Waals surface area contributed by atoms with Crippen molar-refractivity contribution in [3.8, 4) is 11.8 Å². The maximum absolute atomic E-state index is 12.5. The molecule has 1 aliphatic carbocycles. The Bertz CT molecular complexity index is 944. The molecule has 0 amide bonds. The van der Waals surface area contributed by atoms with Crippen molar-refractivity contribution in [2.24, 2.45) is 0 Å². The lowest BCUT2D eigenvalue weighted by Crippen LogP contribution is -2.42. The summed E-state index contributed by atoms with van der Waals surface area (Å²) >= 11 is 0. The van der Waals surface area contributed by atoms with Gasteiger partial charge in [0.25, 0.3) is 5.56 Å². The van der Waals surface area contributed by atoms with Gasteiger partial charge in [0.1, 0.15) is 17.4 Å².